The zero-order valence-electron chi connectivity index (χ0n) is 16.5. The second-order valence-corrected chi connectivity index (χ2v) is 7.67. The standard InChI is InChI=1S/C21H26N4O3S/c1-2-27-18(26)14-25-20(19(23-21(25)29)16-8-3-4-10-22-16)17-9-5-11-24(17)13-15-7-6-12-28-15/h3-5,8-11,15,19-20H,2,6-7,12-14H2,1H3,(H,23,29)/t15-,19-,20-/m1/s1. The van der Waals surface area contributed by atoms with Crippen molar-refractivity contribution >= 4 is 23.3 Å². The van der Waals surface area contributed by atoms with E-state index in [4.69, 9.17) is 21.7 Å². The van der Waals surface area contributed by atoms with Crippen molar-refractivity contribution in [2.75, 3.05) is 19.8 Å². The Morgan fingerprint density at radius 3 is 3.00 bits per heavy atom. The summed E-state index contributed by atoms with van der Waals surface area (Å²) in [6.45, 7) is 3.85. The Labute approximate surface area is 176 Å². The lowest BCUT2D eigenvalue weighted by atomic mass is 10.0. The van der Waals surface area contributed by atoms with E-state index < -0.39 is 0 Å². The molecule has 0 saturated carbocycles. The van der Waals surface area contributed by atoms with Gasteiger partial charge in [-0.2, -0.15) is 0 Å². The molecule has 0 amide bonds. The SMILES string of the molecule is CCOC(=O)CN1C(=S)N[C@H](c2ccccn2)[C@H]1c1cccn1C[C@H]1CCCO1. The lowest BCUT2D eigenvalue weighted by Gasteiger charge is -2.28. The van der Waals surface area contributed by atoms with E-state index in [1.807, 2.05) is 29.2 Å². The molecule has 2 aromatic rings. The Kier molecular flexibility index (Phi) is 6.10. The van der Waals surface area contributed by atoms with Gasteiger partial charge in [0, 0.05) is 31.2 Å². The quantitative estimate of drug-likeness (QED) is 0.552. The molecule has 2 saturated heterocycles. The molecule has 0 spiro atoms. The van der Waals surface area contributed by atoms with E-state index in [-0.39, 0.29) is 30.7 Å². The van der Waals surface area contributed by atoms with Crippen molar-refractivity contribution in [1.29, 1.82) is 0 Å². The monoisotopic (exact) mass is 414 g/mol. The smallest absolute Gasteiger partial charge is 0.325 e. The van der Waals surface area contributed by atoms with Crippen LogP contribution in [0.15, 0.2) is 42.7 Å². The highest BCUT2D eigenvalue weighted by molar-refractivity contribution is 7.80. The Morgan fingerprint density at radius 1 is 1.38 bits per heavy atom. The van der Waals surface area contributed by atoms with Gasteiger partial charge in [0.1, 0.15) is 6.54 Å². The van der Waals surface area contributed by atoms with Crippen LogP contribution in [-0.4, -0.2) is 51.4 Å². The van der Waals surface area contributed by atoms with Crippen LogP contribution in [0.1, 0.15) is 43.2 Å². The van der Waals surface area contributed by atoms with Gasteiger partial charge in [0.15, 0.2) is 5.11 Å². The summed E-state index contributed by atoms with van der Waals surface area (Å²) in [5, 5.41) is 3.90. The van der Waals surface area contributed by atoms with E-state index in [9.17, 15) is 4.79 Å². The normalized spacial score (nSPS) is 24.0. The largest absolute Gasteiger partial charge is 0.465 e. The van der Waals surface area contributed by atoms with Crippen molar-refractivity contribution in [3.05, 3.63) is 54.1 Å². The van der Waals surface area contributed by atoms with Gasteiger partial charge in [-0.3, -0.25) is 9.78 Å². The van der Waals surface area contributed by atoms with Gasteiger partial charge in [0.25, 0.3) is 0 Å². The molecule has 3 atom stereocenters. The fourth-order valence-electron chi connectivity index (χ4n) is 4.11. The molecule has 2 aromatic heterocycles. The Morgan fingerprint density at radius 2 is 2.28 bits per heavy atom. The lowest BCUT2D eigenvalue weighted by Crippen LogP contribution is -2.36. The highest BCUT2D eigenvalue weighted by Gasteiger charge is 2.42. The summed E-state index contributed by atoms with van der Waals surface area (Å²) in [6, 6.07) is 9.63. The number of thiocarbonyl (C=S) groups is 1. The molecular weight excluding hydrogens is 388 g/mol. The molecule has 2 aliphatic rings. The van der Waals surface area contributed by atoms with Gasteiger partial charge < -0.3 is 24.3 Å². The second kappa shape index (κ2) is 8.92. The molecule has 2 aliphatic heterocycles. The van der Waals surface area contributed by atoms with Crippen molar-refractivity contribution in [1.82, 2.24) is 19.8 Å². The maximum atomic E-state index is 12.3. The number of nitrogens with one attached hydrogen (secondary N) is 1. The fourth-order valence-corrected chi connectivity index (χ4v) is 4.42. The van der Waals surface area contributed by atoms with E-state index in [2.05, 4.69) is 27.1 Å². The molecule has 1 N–H and O–H groups in total. The summed E-state index contributed by atoms with van der Waals surface area (Å²) in [5.41, 5.74) is 1.96. The summed E-state index contributed by atoms with van der Waals surface area (Å²) in [5.74, 6) is -0.291. The Balaban J connectivity index is 1.67. The second-order valence-electron chi connectivity index (χ2n) is 7.28. The molecular formula is C21H26N4O3S. The number of pyridine rings is 1. The third-order valence-corrected chi connectivity index (χ3v) is 5.75. The summed E-state index contributed by atoms with van der Waals surface area (Å²) in [4.78, 5) is 18.7. The average molecular weight is 415 g/mol. The number of carbonyl (C=O) groups is 1. The molecule has 4 rings (SSSR count). The molecule has 0 aromatic carbocycles. The molecule has 0 radical (unpaired) electrons. The maximum absolute atomic E-state index is 12.3. The van der Waals surface area contributed by atoms with Gasteiger partial charge in [-0.25, -0.2) is 0 Å². The van der Waals surface area contributed by atoms with Crippen molar-refractivity contribution in [3.8, 4) is 0 Å². The molecule has 0 bridgehead atoms. The van der Waals surface area contributed by atoms with Crippen LogP contribution < -0.4 is 5.32 Å². The average Bonchev–Trinajstić information content (AvgIpc) is 3.45. The number of aromatic nitrogens is 2. The van der Waals surface area contributed by atoms with Crippen LogP contribution in [0.5, 0.6) is 0 Å². The Bertz CT molecular complexity index is 851. The van der Waals surface area contributed by atoms with Crippen molar-refractivity contribution in [3.63, 3.8) is 0 Å². The van der Waals surface area contributed by atoms with Gasteiger partial charge in [-0.1, -0.05) is 6.07 Å². The molecule has 8 heteroatoms. The molecule has 4 heterocycles. The minimum Gasteiger partial charge on any atom is -0.465 e. The summed E-state index contributed by atoms with van der Waals surface area (Å²) in [6.07, 6.45) is 6.22. The van der Waals surface area contributed by atoms with Gasteiger partial charge >= 0.3 is 5.97 Å². The predicted octanol–water partition coefficient (Wildman–Crippen LogP) is 2.60. The summed E-state index contributed by atoms with van der Waals surface area (Å²) >= 11 is 5.60. The fraction of sp³-hybridized carbons (Fsp3) is 0.476. The number of hydrogen-bond acceptors (Lipinski definition) is 5. The van der Waals surface area contributed by atoms with Crippen molar-refractivity contribution in [2.45, 2.75) is 44.5 Å². The highest BCUT2D eigenvalue weighted by Crippen LogP contribution is 2.38. The number of esters is 1. The van der Waals surface area contributed by atoms with E-state index in [0.29, 0.717) is 11.7 Å². The molecule has 0 unspecified atom stereocenters. The zero-order chi connectivity index (χ0) is 20.2. The van der Waals surface area contributed by atoms with Crippen LogP contribution in [0.3, 0.4) is 0 Å². The molecule has 154 valence electrons. The first-order valence-corrected chi connectivity index (χ1v) is 10.5. The van der Waals surface area contributed by atoms with Crippen LogP contribution in [0, 0.1) is 0 Å². The minimum absolute atomic E-state index is 0.0960. The van der Waals surface area contributed by atoms with E-state index in [1.165, 1.54) is 0 Å². The van der Waals surface area contributed by atoms with E-state index in [1.54, 1.807) is 13.1 Å². The lowest BCUT2D eigenvalue weighted by molar-refractivity contribution is -0.143. The van der Waals surface area contributed by atoms with E-state index in [0.717, 1.165) is 37.4 Å². The first kappa shape index (κ1) is 19.8. The van der Waals surface area contributed by atoms with Gasteiger partial charge in [-0.15, -0.1) is 0 Å². The summed E-state index contributed by atoms with van der Waals surface area (Å²) in [7, 11) is 0. The minimum atomic E-state index is -0.291. The van der Waals surface area contributed by atoms with Crippen LogP contribution in [0.4, 0.5) is 0 Å². The molecule has 29 heavy (non-hydrogen) atoms. The number of carbonyl (C=O) groups excluding carboxylic acids is 1. The van der Waals surface area contributed by atoms with Crippen LogP contribution in [0.25, 0.3) is 0 Å². The zero-order valence-corrected chi connectivity index (χ0v) is 17.3. The third-order valence-electron chi connectivity index (χ3n) is 5.39. The van der Waals surface area contributed by atoms with Gasteiger partial charge in [0.2, 0.25) is 0 Å². The van der Waals surface area contributed by atoms with Crippen molar-refractivity contribution < 1.29 is 14.3 Å². The number of rotatable bonds is 7. The Hall–Kier alpha value is -2.45. The third kappa shape index (κ3) is 4.28. The van der Waals surface area contributed by atoms with E-state index >= 15 is 0 Å². The number of ether oxygens (including phenoxy) is 2. The molecule has 2 fully saturated rings. The first-order chi connectivity index (χ1) is 14.2. The maximum Gasteiger partial charge on any atom is 0.325 e. The topological polar surface area (TPSA) is 68.6 Å². The van der Waals surface area contributed by atoms with Crippen LogP contribution in [-0.2, 0) is 20.8 Å². The first-order valence-electron chi connectivity index (χ1n) is 10.1. The van der Waals surface area contributed by atoms with Gasteiger partial charge in [0.05, 0.1) is 30.5 Å². The van der Waals surface area contributed by atoms with Gasteiger partial charge in [-0.05, 0) is 56.2 Å². The van der Waals surface area contributed by atoms with Crippen LogP contribution >= 0.6 is 12.2 Å². The van der Waals surface area contributed by atoms with Crippen LogP contribution in [0.2, 0.25) is 0 Å². The number of hydrogen-bond donors (Lipinski definition) is 1. The predicted molar refractivity (Wildman–Crippen MR) is 112 cm³/mol. The number of nitrogens with zero attached hydrogens (tertiary/aromatic N) is 3. The molecule has 0 aliphatic carbocycles. The highest BCUT2D eigenvalue weighted by atomic mass is 32.1. The summed E-state index contributed by atoms with van der Waals surface area (Å²) < 4.78 is 13.2. The van der Waals surface area contributed by atoms with Crippen molar-refractivity contribution in [2.24, 2.45) is 0 Å². The molecule has 7 nitrogen and oxygen atoms in total.